The van der Waals surface area contributed by atoms with Gasteiger partial charge in [0.25, 0.3) is 0 Å². The smallest absolute Gasteiger partial charge is 0.306 e. The van der Waals surface area contributed by atoms with Crippen LogP contribution in [0.25, 0.3) is 0 Å². The predicted molar refractivity (Wildman–Crippen MR) is 269 cm³/mol. The van der Waals surface area contributed by atoms with E-state index in [9.17, 15) is 14.7 Å². The van der Waals surface area contributed by atoms with Gasteiger partial charge >= 0.3 is 11.9 Å². The Hall–Kier alpha value is -3.18. The molecule has 62 heavy (non-hydrogen) atoms. The van der Waals surface area contributed by atoms with E-state index in [1.807, 2.05) is 0 Å². The Bertz CT molecular complexity index is 1200. The third-order valence-corrected chi connectivity index (χ3v) is 10.9. The zero-order valence-electron chi connectivity index (χ0n) is 40.4. The number of ether oxygens (including phenoxy) is 2. The molecule has 0 aromatic rings. The first-order chi connectivity index (χ1) is 30.6. The predicted octanol–water partition coefficient (Wildman–Crippen LogP) is 17.2. The van der Waals surface area contributed by atoms with Gasteiger partial charge in [-0.15, -0.1) is 0 Å². The Labute approximate surface area is 383 Å². The first kappa shape index (κ1) is 58.8. The van der Waals surface area contributed by atoms with E-state index in [1.165, 1.54) is 116 Å². The topological polar surface area (TPSA) is 72.8 Å². The van der Waals surface area contributed by atoms with E-state index in [0.29, 0.717) is 12.8 Å². The van der Waals surface area contributed by atoms with Crippen LogP contribution in [0.2, 0.25) is 0 Å². The lowest BCUT2D eigenvalue weighted by molar-refractivity contribution is -0.161. The maximum atomic E-state index is 12.3. The molecule has 0 spiro atoms. The fourth-order valence-corrected chi connectivity index (χ4v) is 7.00. The van der Waals surface area contributed by atoms with Gasteiger partial charge in [-0.1, -0.05) is 220 Å². The van der Waals surface area contributed by atoms with Crippen molar-refractivity contribution in [1.29, 1.82) is 0 Å². The minimum atomic E-state index is -0.782. The molecule has 0 saturated heterocycles. The van der Waals surface area contributed by atoms with Gasteiger partial charge in [0.1, 0.15) is 6.61 Å². The van der Waals surface area contributed by atoms with Crippen LogP contribution in [0.5, 0.6) is 0 Å². The number of aliphatic hydroxyl groups is 1. The number of carbonyl (C=O) groups excluding carboxylic acids is 2. The molecule has 0 aliphatic heterocycles. The average molecular weight is 861 g/mol. The summed E-state index contributed by atoms with van der Waals surface area (Å²) in [5, 5.41) is 9.61. The zero-order valence-corrected chi connectivity index (χ0v) is 40.4. The van der Waals surface area contributed by atoms with Crippen molar-refractivity contribution in [2.75, 3.05) is 13.2 Å². The number of aliphatic hydroxyl groups excluding tert-OH is 1. The molecule has 1 N–H and O–H groups in total. The molecular weight excluding hydrogens is 765 g/mol. The third kappa shape index (κ3) is 49.5. The zero-order chi connectivity index (χ0) is 44.9. The lowest BCUT2D eigenvalue weighted by Crippen LogP contribution is -2.28. The summed E-state index contributed by atoms with van der Waals surface area (Å²) < 4.78 is 10.7. The summed E-state index contributed by atoms with van der Waals surface area (Å²) in [5.41, 5.74) is 0. The minimum Gasteiger partial charge on any atom is -0.462 e. The highest BCUT2D eigenvalue weighted by Crippen LogP contribution is 2.15. The van der Waals surface area contributed by atoms with Crippen molar-refractivity contribution in [3.8, 4) is 0 Å². The highest BCUT2D eigenvalue weighted by molar-refractivity contribution is 5.70. The summed E-state index contributed by atoms with van der Waals surface area (Å²) in [6.07, 6.45) is 73.6. The molecular formula is C57H96O5. The monoisotopic (exact) mass is 861 g/mol. The molecule has 0 heterocycles. The molecule has 0 rings (SSSR count). The molecule has 0 fully saturated rings. The van der Waals surface area contributed by atoms with E-state index in [2.05, 4.69) is 111 Å². The summed E-state index contributed by atoms with van der Waals surface area (Å²) in [7, 11) is 0. The van der Waals surface area contributed by atoms with Crippen molar-refractivity contribution in [2.45, 2.75) is 238 Å². The van der Waals surface area contributed by atoms with Crippen molar-refractivity contribution in [1.82, 2.24) is 0 Å². The molecule has 0 bridgehead atoms. The first-order valence-electron chi connectivity index (χ1n) is 25.8. The molecule has 0 aromatic carbocycles. The van der Waals surface area contributed by atoms with E-state index >= 15 is 0 Å². The van der Waals surface area contributed by atoms with Crippen molar-refractivity contribution < 1.29 is 24.2 Å². The van der Waals surface area contributed by atoms with E-state index in [1.54, 1.807) is 0 Å². The summed E-state index contributed by atoms with van der Waals surface area (Å²) in [6, 6.07) is 0. The molecule has 1 unspecified atom stereocenters. The van der Waals surface area contributed by atoms with Gasteiger partial charge in [0.05, 0.1) is 6.61 Å². The van der Waals surface area contributed by atoms with E-state index in [-0.39, 0.29) is 25.2 Å². The van der Waals surface area contributed by atoms with Crippen molar-refractivity contribution >= 4 is 11.9 Å². The maximum Gasteiger partial charge on any atom is 0.306 e. The lowest BCUT2D eigenvalue weighted by Gasteiger charge is -2.15. The SMILES string of the molecule is CC/C=C\C/C=C\C/C=C\C/C=C\C/C=C\C/C=C\CCCCCCCCCCCCCCCCC(=O)OC(CO)COC(=O)CCCCCCC/C=C\C/C=C\CCCCC. The normalized spacial score (nSPS) is 13.0. The molecule has 354 valence electrons. The summed E-state index contributed by atoms with van der Waals surface area (Å²) in [5.74, 6) is -0.608. The quantitative estimate of drug-likeness (QED) is 0.0375. The Balaban J connectivity index is 3.52. The van der Waals surface area contributed by atoms with Gasteiger partial charge in [0, 0.05) is 12.8 Å². The largest absolute Gasteiger partial charge is 0.462 e. The number of unbranched alkanes of at least 4 members (excludes halogenated alkanes) is 22. The van der Waals surface area contributed by atoms with Crippen molar-refractivity contribution in [2.24, 2.45) is 0 Å². The number of allylic oxidation sites excluding steroid dienone is 16. The van der Waals surface area contributed by atoms with Crippen LogP contribution in [0.3, 0.4) is 0 Å². The summed E-state index contributed by atoms with van der Waals surface area (Å²) in [6.45, 7) is 3.99. The Kier molecular flexibility index (Phi) is 49.5. The fourth-order valence-electron chi connectivity index (χ4n) is 7.00. The van der Waals surface area contributed by atoms with Gasteiger partial charge in [0.15, 0.2) is 6.10 Å². The van der Waals surface area contributed by atoms with Crippen LogP contribution in [-0.2, 0) is 19.1 Å². The Morgan fingerprint density at radius 1 is 0.387 bits per heavy atom. The number of rotatable bonds is 46. The molecule has 5 nitrogen and oxygen atoms in total. The Morgan fingerprint density at radius 2 is 0.694 bits per heavy atom. The summed E-state index contributed by atoms with van der Waals surface area (Å²) >= 11 is 0. The highest BCUT2D eigenvalue weighted by atomic mass is 16.6. The van der Waals surface area contributed by atoms with Crippen LogP contribution in [0.1, 0.15) is 232 Å². The minimum absolute atomic E-state index is 0.0763. The first-order valence-corrected chi connectivity index (χ1v) is 25.8. The van der Waals surface area contributed by atoms with Gasteiger partial charge in [0.2, 0.25) is 0 Å². The standard InChI is InChI=1S/C57H96O5/c1-3-5-7-9-11-13-15-17-19-20-21-22-23-24-25-26-27-28-29-30-31-32-33-34-35-36-38-40-42-44-46-48-50-52-57(60)62-55(53-58)54-61-56(59)51-49-47-45-43-41-39-37-18-16-14-12-10-8-6-4-2/h5,7,11-14,17-19,21-22,24-25,27-28,37,55,58H,3-4,6,8-10,15-16,20,23,26,29-36,38-54H2,1-2H3/b7-5-,13-11-,14-12-,19-17-,22-21-,25-24-,28-27-,37-18-. The molecule has 0 aliphatic rings. The van der Waals surface area contributed by atoms with Gasteiger partial charge in [-0.3, -0.25) is 9.59 Å². The van der Waals surface area contributed by atoms with Crippen LogP contribution in [0.15, 0.2) is 97.2 Å². The van der Waals surface area contributed by atoms with Gasteiger partial charge < -0.3 is 14.6 Å². The van der Waals surface area contributed by atoms with Crippen LogP contribution in [0.4, 0.5) is 0 Å². The lowest BCUT2D eigenvalue weighted by atomic mass is 10.0. The second-order valence-corrected chi connectivity index (χ2v) is 16.9. The molecule has 0 saturated carbocycles. The molecule has 0 aromatic heterocycles. The van der Waals surface area contributed by atoms with Gasteiger partial charge in [-0.2, -0.15) is 0 Å². The van der Waals surface area contributed by atoms with Gasteiger partial charge in [-0.05, 0) is 96.3 Å². The van der Waals surface area contributed by atoms with E-state index < -0.39 is 6.10 Å². The van der Waals surface area contributed by atoms with E-state index in [4.69, 9.17) is 9.47 Å². The van der Waals surface area contributed by atoms with E-state index in [0.717, 1.165) is 89.9 Å². The van der Waals surface area contributed by atoms with Crippen LogP contribution in [-0.4, -0.2) is 36.4 Å². The van der Waals surface area contributed by atoms with Crippen LogP contribution in [0, 0.1) is 0 Å². The molecule has 1 atom stereocenters. The number of esters is 2. The molecule has 5 heteroatoms. The molecule has 0 aliphatic carbocycles. The second-order valence-electron chi connectivity index (χ2n) is 16.9. The number of hydrogen-bond donors (Lipinski definition) is 1. The van der Waals surface area contributed by atoms with Crippen molar-refractivity contribution in [3.63, 3.8) is 0 Å². The molecule has 0 radical (unpaired) electrons. The third-order valence-electron chi connectivity index (χ3n) is 10.9. The number of hydrogen-bond acceptors (Lipinski definition) is 5. The number of carbonyl (C=O) groups is 2. The summed E-state index contributed by atoms with van der Waals surface area (Å²) in [4.78, 5) is 24.4. The second kappa shape index (κ2) is 52.2. The van der Waals surface area contributed by atoms with Gasteiger partial charge in [-0.25, -0.2) is 0 Å². The average Bonchev–Trinajstić information content (AvgIpc) is 3.28. The van der Waals surface area contributed by atoms with Crippen LogP contribution >= 0.6 is 0 Å². The molecule has 0 amide bonds. The van der Waals surface area contributed by atoms with Crippen LogP contribution < -0.4 is 0 Å². The maximum absolute atomic E-state index is 12.3. The fraction of sp³-hybridized carbons (Fsp3) is 0.684. The highest BCUT2D eigenvalue weighted by Gasteiger charge is 2.16. The van der Waals surface area contributed by atoms with Crippen molar-refractivity contribution in [3.05, 3.63) is 97.2 Å². The Morgan fingerprint density at radius 3 is 1.05 bits per heavy atom.